The Labute approximate surface area is 89.6 Å². The van der Waals surface area contributed by atoms with Crippen LogP contribution < -0.4 is 0 Å². The predicted molar refractivity (Wildman–Crippen MR) is 50.8 cm³/mol. The van der Waals surface area contributed by atoms with E-state index in [1.54, 1.807) is 6.07 Å². The second kappa shape index (κ2) is 3.78. The minimum absolute atomic E-state index is 0.00288. The number of carbonyl (C=O) groups is 1. The molecule has 0 aliphatic heterocycles. The van der Waals surface area contributed by atoms with Gasteiger partial charge in [0.15, 0.2) is 0 Å². The van der Waals surface area contributed by atoms with Crippen LogP contribution in [0.3, 0.4) is 0 Å². The van der Waals surface area contributed by atoms with Crippen LogP contribution in [0.5, 0.6) is 0 Å². The third kappa shape index (κ3) is 1.59. The van der Waals surface area contributed by atoms with Gasteiger partial charge in [-0.3, -0.25) is 4.98 Å². The summed E-state index contributed by atoms with van der Waals surface area (Å²) in [5.41, 5.74) is 0.313. The molecule has 2 aromatic rings. The van der Waals surface area contributed by atoms with Gasteiger partial charge in [-0.15, -0.1) is 5.10 Å². The summed E-state index contributed by atoms with van der Waals surface area (Å²) in [6.07, 6.45) is 3.93. The topological polar surface area (TPSA) is 105 Å². The highest BCUT2D eigenvalue weighted by atomic mass is 16.4. The molecule has 0 unspecified atom stereocenters. The second-order valence-electron chi connectivity index (χ2n) is 2.82. The lowest BCUT2D eigenvalue weighted by atomic mass is 10.2. The molecule has 0 radical (unpaired) electrons. The van der Waals surface area contributed by atoms with Crippen molar-refractivity contribution in [3.8, 4) is 11.8 Å². The molecule has 78 valence electrons. The van der Waals surface area contributed by atoms with Crippen LogP contribution in [0.15, 0.2) is 24.8 Å². The van der Waals surface area contributed by atoms with Crippen LogP contribution >= 0.6 is 0 Å². The van der Waals surface area contributed by atoms with E-state index in [9.17, 15) is 4.79 Å². The SMILES string of the molecule is N#Cc1ncn(-c2ccncc2C(=O)O)n1. The second-order valence-corrected chi connectivity index (χ2v) is 2.82. The van der Waals surface area contributed by atoms with E-state index in [0.717, 1.165) is 0 Å². The summed E-state index contributed by atoms with van der Waals surface area (Å²) in [6.45, 7) is 0. The van der Waals surface area contributed by atoms with Crippen LogP contribution in [-0.2, 0) is 0 Å². The van der Waals surface area contributed by atoms with E-state index < -0.39 is 5.97 Å². The Balaban J connectivity index is 2.56. The molecule has 0 aromatic carbocycles. The number of aromatic carboxylic acids is 1. The number of rotatable bonds is 2. The highest BCUT2D eigenvalue weighted by molar-refractivity contribution is 5.91. The summed E-state index contributed by atoms with van der Waals surface area (Å²) in [7, 11) is 0. The van der Waals surface area contributed by atoms with Crippen molar-refractivity contribution in [1.29, 1.82) is 5.26 Å². The van der Waals surface area contributed by atoms with Crippen molar-refractivity contribution >= 4 is 5.97 Å². The first-order chi connectivity index (χ1) is 7.72. The normalized spacial score (nSPS) is 9.69. The molecule has 2 rings (SSSR count). The van der Waals surface area contributed by atoms with Gasteiger partial charge < -0.3 is 5.11 Å². The molecule has 2 heterocycles. The number of nitrogens with zero attached hydrogens (tertiary/aromatic N) is 5. The molecule has 1 N–H and O–H groups in total. The average molecular weight is 215 g/mol. The van der Waals surface area contributed by atoms with Gasteiger partial charge in [-0.05, 0) is 6.07 Å². The molecule has 7 heteroatoms. The molecule has 0 spiro atoms. The zero-order chi connectivity index (χ0) is 11.5. The van der Waals surface area contributed by atoms with Crippen molar-refractivity contribution in [2.24, 2.45) is 0 Å². The third-order valence-electron chi connectivity index (χ3n) is 1.87. The van der Waals surface area contributed by atoms with Crippen molar-refractivity contribution in [2.75, 3.05) is 0 Å². The van der Waals surface area contributed by atoms with Crippen LogP contribution in [0.25, 0.3) is 5.69 Å². The Kier molecular flexibility index (Phi) is 2.31. The van der Waals surface area contributed by atoms with E-state index in [-0.39, 0.29) is 11.4 Å². The molecule has 7 nitrogen and oxygen atoms in total. The zero-order valence-electron chi connectivity index (χ0n) is 7.90. The summed E-state index contributed by atoms with van der Waals surface area (Å²) in [5, 5.41) is 21.3. The van der Waals surface area contributed by atoms with Crippen molar-refractivity contribution in [3.05, 3.63) is 36.2 Å². The van der Waals surface area contributed by atoms with Crippen molar-refractivity contribution in [3.63, 3.8) is 0 Å². The van der Waals surface area contributed by atoms with Gasteiger partial charge in [0, 0.05) is 12.4 Å². The van der Waals surface area contributed by atoms with Crippen LogP contribution in [0, 0.1) is 11.3 Å². The van der Waals surface area contributed by atoms with Crippen molar-refractivity contribution < 1.29 is 9.90 Å². The fourth-order valence-corrected chi connectivity index (χ4v) is 1.18. The van der Waals surface area contributed by atoms with E-state index in [2.05, 4.69) is 15.1 Å². The number of carboxylic acid groups (broad SMARTS) is 1. The maximum atomic E-state index is 10.9. The van der Waals surface area contributed by atoms with Gasteiger partial charge in [-0.25, -0.2) is 14.5 Å². The molecule has 0 fully saturated rings. The largest absolute Gasteiger partial charge is 0.478 e. The van der Waals surface area contributed by atoms with Gasteiger partial charge >= 0.3 is 5.97 Å². The van der Waals surface area contributed by atoms with Crippen LogP contribution in [0.2, 0.25) is 0 Å². The van der Waals surface area contributed by atoms with Crippen LogP contribution in [0.1, 0.15) is 16.2 Å². The molecule has 0 saturated heterocycles. The highest BCUT2D eigenvalue weighted by Gasteiger charge is 2.12. The number of nitriles is 1. The molecular weight excluding hydrogens is 210 g/mol. The third-order valence-corrected chi connectivity index (χ3v) is 1.87. The molecule has 0 amide bonds. The standard InChI is InChI=1S/C9H5N5O2/c10-3-8-12-5-14(13-8)7-1-2-11-4-6(7)9(15)16/h1-2,4-5H,(H,15,16). The molecule has 0 aliphatic rings. The summed E-state index contributed by atoms with van der Waals surface area (Å²) in [5.74, 6) is -1.13. The van der Waals surface area contributed by atoms with Crippen LogP contribution in [0.4, 0.5) is 0 Å². The molecular formula is C9H5N5O2. The van der Waals surface area contributed by atoms with E-state index in [0.29, 0.717) is 5.69 Å². The minimum atomic E-state index is -1.11. The number of carboxylic acids is 1. The fraction of sp³-hybridized carbons (Fsp3) is 0. The lowest BCUT2D eigenvalue weighted by Crippen LogP contribution is -2.06. The number of hydrogen-bond acceptors (Lipinski definition) is 5. The van der Waals surface area contributed by atoms with Crippen molar-refractivity contribution in [1.82, 2.24) is 19.7 Å². The Morgan fingerprint density at radius 3 is 3.00 bits per heavy atom. The van der Waals surface area contributed by atoms with Gasteiger partial charge in [0.25, 0.3) is 5.82 Å². The van der Waals surface area contributed by atoms with E-state index in [1.165, 1.54) is 29.5 Å². The molecule has 0 saturated carbocycles. The Hall–Kier alpha value is -2.75. The molecule has 0 aliphatic carbocycles. The van der Waals surface area contributed by atoms with E-state index >= 15 is 0 Å². The van der Waals surface area contributed by atoms with Gasteiger partial charge in [0.1, 0.15) is 18.0 Å². The molecule has 16 heavy (non-hydrogen) atoms. The monoisotopic (exact) mass is 215 g/mol. The Bertz CT molecular complexity index is 584. The van der Waals surface area contributed by atoms with E-state index in [4.69, 9.17) is 10.4 Å². The Morgan fingerprint density at radius 1 is 1.56 bits per heavy atom. The van der Waals surface area contributed by atoms with Gasteiger partial charge in [0.2, 0.25) is 0 Å². The first-order valence-electron chi connectivity index (χ1n) is 4.22. The van der Waals surface area contributed by atoms with Crippen LogP contribution in [-0.4, -0.2) is 30.8 Å². The summed E-state index contributed by atoms with van der Waals surface area (Å²) >= 11 is 0. The van der Waals surface area contributed by atoms with Crippen molar-refractivity contribution in [2.45, 2.75) is 0 Å². The highest BCUT2D eigenvalue weighted by Crippen LogP contribution is 2.11. The van der Waals surface area contributed by atoms with E-state index in [1.807, 2.05) is 0 Å². The summed E-state index contributed by atoms with van der Waals surface area (Å²) < 4.78 is 1.23. The van der Waals surface area contributed by atoms with Gasteiger partial charge in [0.05, 0.1) is 5.69 Å². The molecule has 2 aromatic heterocycles. The van der Waals surface area contributed by atoms with Gasteiger partial charge in [-0.1, -0.05) is 0 Å². The fourth-order valence-electron chi connectivity index (χ4n) is 1.18. The summed E-state index contributed by atoms with van der Waals surface area (Å²) in [6, 6.07) is 3.25. The minimum Gasteiger partial charge on any atom is -0.478 e. The smallest absolute Gasteiger partial charge is 0.339 e. The number of pyridine rings is 1. The lowest BCUT2D eigenvalue weighted by molar-refractivity contribution is 0.0696. The maximum Gasteiger partial charge on any atom is 0.339 e. The quantitative estimate of drug-likeness (QED) is 0.768. The first-order valence-corrected chi connectivity index (χ1v) is 4.22. The first kappa shape index (κ1) is 9.79. The maximum absolute atomic E-state index is 10.9. The lowest BCUT2D eigenvalue weighted by Gasteiger charge is -2.03. The molecule has 0 atom stereocenters. The summed E-state index contributed by atoms with van der Waals surface area (Å²) in [4.78, 5) is 18.3. The average Bonchev–Trinajstić information content (AvgIpc) is 2.77. The number of aromatic nitrogens is 4. The molecule has 0 bridgehead atoms. The Morgan fingerprint density at radius 2 is 2.38 bits per heavy atom. The van der Waals surface area contributed by atoms with Gasteiger partial charge in [-0.2, -0.15) is 5.26 Å². The number of hydrogen-bond donors (Lipinski definition) is 1. The zero-order valence-corrected chi connectivity index (χ0v) is 7.90. The predicted octanol–water partition coefficient (Wildman–Crippen LogP) is 0.232.